The smallest absolute Gasteiger partial charge is 0.268 e. The second-order valence-electron chi connectivity index (χ2n) is 5.89. The zero-order valence-corrected chi connectivity index (χ0v) is 17.1. The van der Waals surface area contributed by atoms with Crippen molar-refractivity contribution >= 4 is 29.4 Å². The van der Waals surface area contributed by atoms with Crippen LogP contribution in [0.3, 0.4) is 0 Å². The number of methoxy groups -OCH3 is 1. The zero-order chi connectivity index (χ0) is 22.8. The van der Waals surface area contributed by atoms with Gasteiger partial charge in [0.05, 0.1) is 24.2 Å². The molecule has 30 heavy (non-hydrogen) atoms. The lowest BCUT2D eigenvalue weighted by molar-refractivity contribution is -0.290. The summed E-state index contributed by atoms with van der Waals surface area (Å²) >= 11 is 0. The number of nitrogens with two attached hydrogens (primary N) is 3. The van der Waals surface area contributed by atoms with Crippen molar-refractivity contribution < 1.29 is 33.9 Å². The number of carbonyl (C=O) groups excluding carboxylic acids is 2. The first-order valence-corrected chi connectivity index (χ1v) is 8.81. The van der Waals surface area contributed by atoms with Crippen molar-refractivity contribution in [1.82, 2.24) is 14.5 Å². The fourth-order valence-electron chi connectivity index (χ4n) is 3.08. The molecule has 0 aliphatic carbocycles. The Morgan fingerprint density at radius 2 is 2.00 bits per heavy atom. The van der Waals surface area contributed by atoms with Crippen molar-refractivity contribution in [3.8, 4) is 0 Å². The van der Waals surface area contributed by atoms with Crippen molar-refractivity contribution in [3.05, 3.63) is 18.2 Å². The summed E-state index contributed by atoms with van der Waals surface area (Å²) in [5.41, 5.74) is 18.4. The summed E-state index contributed by atoms with van der Waals surface area (Å²) in [5, 5.41) is 7.93. The van der Waals surface area contributed by atoms with Crippen LogP contribution in [0.1, 0.15) is 23.6 Å². The summed E-state index contributed by atoms with van der Waals surface area (Å²) in [4.78, 5) is 37.2. The summed E-state index contributed by atoms with van der Waals surface area (Å²) in [7, 11) is 2.93. The van der Waals surface area contributed by atoms with Crippen LogP contribution in [0.25, 0.3) is 11.0 Å². The van der Waals surface area contributed by atoms with Crippen molar-refractivity contribution in [2.24, 2.45) is 11.5 Å². The van der Waals surface area contributed by atoms with Gasteiger partial charge in [-0.3, -0.25) is 4.79 Å². The number of carbonyl (C=O) groups is 2. The average molecular weight is 428 g/mol. The van der Waals surface area contributed by atoms with Crippen LogP contribution in [0.5, 0.6) is 0 Å². The Kier molecular flexibility index (Phi) is 10.2. The molecule has 0 saturated carbocycles. The largest absolute Gasteiger partial charge is 0.397 e. The van der Waals surface area contributed by atoms with Crippen molar-refractivity contribution in [2.75, 3.05) is 33.2 Å². The van der Waals surface area contributed by atoms with Gasteiger partial charge >= 0.3 is 0 Å². The minimum Gasteiger partial charge on any atom is -0.397 e. The van der Waals surface area contributed by atoms with E-state index in [-0.39, 0.29) is 18.9 Å². The molecular formula is C17H28N6O7. The second kappa shape index (κ2) is 12.1. The average Bonchev–Trinajstić information content (AvgIpc) is 3.24. The van der Waals surface area contributed by atoms with Gasteiger partial charge in [-0.2, -0.15) is 0 Å². The van der Waals surface area contributed by atoms with Gasteiger partial charge in [0.1, 0.15) is 43.3 Å². The summed E-state index contributed by atoms with van der Waals surface area (Å²) in [6.45, 7) is 4.06. The first-order valence-electron chi connectivity index (χ1n) is 8.81. The monoisotopic (exact) mass is 428 g/mol. The molecule has 0 radical (unpaired) electrons. The summed E-state index contributed by atoms with van der Waals surface area (Å²) in [6, 6.07) is -0.530. The third-order valence-electron chi connectivity index (χ3n) is 4.16. The lowest BCUT2D eigenvalue weighted by atomic mass is 10.1. The van der Waals surface area contributed by atoms with E-state index in [0.717, 1.165) is 0 Å². The van der Waals surface area contributed by atoms with E-state index < -0.39 is 30.4 Å². The number of aliphatic hydroxyl groups is 1. The van der Waals surface area contributed by atoms with Crippen LogP contribution in [-0.2, 0) is 24.0 Å². The molecular weight excluding hydrogens is 400 g/mol. The number of aromatic nitrogens is 3. The van der Waals surface area contributed by atoms with Crippen LogP contribution in [0, 0.1) is 0 Å². The number of ether oxygens (including phenoxy) is 2. The molecule has 1 fully saturated rings. The number of anilines is 1. The molecule has 3 heterocycles. The number of fused-ring (bicyclic) bond motifs is 1. The van der Waals surface area contributed by atoms with Gasteiger partial charge in [-0.15, -0.1) is 0 Å². The predicted octanol–water partition coefficient (Wildman–Crippen LogP) is -1.26. The van der Waals surface area contributed by atoms with Crippen molar-refractivity contribution in [3.63, 3.8) is 0 Å². The Balaban J connectivity index is 0.000000826. The molecule has 168 valence electrons. The number of hydrogen-bond donors (Lipinski definition) is 4. The molecule has 3 rings (SSSR count). The van der Waals surface area contributed by atoms with Crippen LogP contribution < -0.4 is 17.2 Å². The molecule has 2 aromatic rings. The van der Waals surface area contributed by atoms with Gasteiger partial charge in [0.2, 0.25) is 0 Å². The van der Waals surface area contributed by atoms with Gasteiger partial charge in [-0.25, -0.2) is 19.7 Å². The molecule has 13 heteroatoms. The van der Waals surface area contributed by atoms with Gasteiger partial charge in [-0.05, 0) is 6.92 Å². The van der Waals surface area contributed by atoms with Crippen LogP contribution in [0.2, 0.25) is 0 Å². The molecule has 2 aromatic heterocycles. The Labute approximate surface area is 173 Å². The third kappa shape index (κ3) is 5.27. The number of nitrogen functional groups attached to an aromatic ring is 1. The van der Waals surface area contributed by atoms with Gasteiger partial charge in [-0.1, -0.05) is 0 Å². The highest BCUT2D eigenvalue weighted by molar-refractivity contribution is 6.07. The second-order valence-corrected chi connectivity index (χ2v) is 5.89. The maximum Gasteiger partial charge on any atom is 0.268 e. The topological polar surface area (TPSA) is 200 Å². The third-order valence-corrected chi connectivity index (χ3v) is 4.16. The highest BCUT2D eigenvalue weighted by Gasteiger charge is 2.44. The van der Waals surface area contributed by atoms with Gasteiger partial charge in [0.15, 0.2) is 6.23 Å². The van der Waals surface area contributed by atoms with Gasteiger partial charge in [0.25, 0.3) is 5.91 Å². The Morgan fingerprint density at radius 3 is 2.53 bits per heavy atom. The zero-order valence-electron chi connectivity index (χ0n) is 17.1. The number of aliphatic hydroxyl groups excluding tert-OH is 1. The van der Waals surface area contributed by atoms with E-state index in [1.165, 1.54) is 20.5 Å². The fraction of sp³-hybridized carbons (Fsp3) is 0.529. The lowest BCUT2D eigenvalue weighted by Crippen LogP contribution is -2.41. The minimum absolute atomic E-state index is 0.0374. The predicted molar refractivity (Wildman–Crippen MR) is 106 cm³/mol. The van der Waals surface area contributed by atoms with E-state index in [2.05, 4.69) is 14.9 Å². The molecule has 0 spiro atoms. The van der Waals surface area contributed by atoms with Crippen LogP contribution in [-0.4, -0.2) is 78.0 Å². The number of rotatable bonds is 6. The molecule has 0 aromatic carbocycles. The number of hydrogen-bond acceptors (Lipinski definition) is 11. The fourth-order valence-corrected chi connectivity index (χ4v) is 3.08. The molecule has 0 unspecified atom stereocenters. The Hall–Kier alpha value is -2.68. The summed E-state index contributed by atoms with van der Waals surface area (Å²) in [5.74, 6) is -0.699. The number of primary amides is 1. The van der Waals surface area contributed by atoms with E-state index in [4.69, 9.17) is 41.5 Å². The van der Waals surface area contributed by atoms with E-state index in [1.54, 1.807) is 17.7 Å². The molecule has 0 bridgehead atoms. The molecule has 1 aliphatic rings. The lowest BCUT2D eigenvalue weighted by Gasteiger charge is -2.19. The van der Waals surface area contributed by atoms with Crippen LogP contribution >= 0.6 is 0 Å². The molecule has 1 amide bonds. The Bertz CT molecular complexity index is 817. The molecule has 1 aliphatic heterocycles. The van der Waals surface area contributed by atoms with Crippen molar-refractivity contribution in [1.29, 1.82) is 0 Å². The van der Waals surface area contributed by atoms with E-state index in [0.29, 0.717) is 16.7 Å². The molecule has 7 N–H and O–H groups in total. The van der Waals surface area contributed by atoms with E-state index in [1.807, 2.05) is 6.79 Å². The SMILES string of the molecule is C=O.CCO.COOC[C@H]1O[C@@H](n2cc(N)c3c(C(N)=O)ncnc32)[C@@H](N)[C@@H]1OC. The number of nitrogens with zero attached hydrogens (tertiary/aromatic N) is 3. The first-order chi connectivity index (χ1) is 14.4. The maximum absolute atomic E-state index is 11.6. The maximum atomic E-state index is 11.6. The quantitative estimate of drug-likeness (QED) is 0.316. The Morgan fingerprint density at radius 1 is 1.37 bits per heavy atom. The molecule has 1 saturated heterocycles. The van der Waals surface area contributed by atoms with Gasteiger partial charge in [0, 0.05) is 19.9 Å². The highest BCUT2D eigenvalue weighted by Crippen LogP contribution is 2.35. The van der Waals surface area contributed by atoms with Gasteiger partial charge < -0.3 is 41.1 Å². The van der Waals surface area contributed by atoms with E-state index >= 15 is 0 Å². The minimum atomic E-state index is -0.699. The standard InChI is InChI=1S/C14H20N6O5.C2H6O.CH2O/c1-22-11-7(4-24-23-2)25-14(9(11)16)20-3-6(15)8-10(12(17)21)18-5-19-13(8)20;1-2-3;1-2/h3,5,7,9,11,14H,4,15-16H2,1-2H3,(H2,17,21);3H,2H2,1H3;1H2/t7-,9+,11-,14-;;/m1../s1. The summed E-state index contributed by atoms with van der Waals surface area (Å²) < 4.78 is 13.0. The van der Waals surface area contributed by atoms with E-state index in [9.17, 15) is 4.79 Å². The van der Waals surface area contributed by atoms with Crippen molar-refractivity contribution in [2.45, 2.75) is 31.4 Å². The normalized spacial score (nSPS) is 22.7. The highest BCUT2D eigenvalue weighted by atomic mass is 17.2. The first kappa shape index (κ1) is 25.4. The molecule has 4 atom stereocenters. The van der Waals surface area contributed by atoms with Crippen LogP contribution in [0.4, 0.5) is 5.69 Å². The number of amides is 1. The summed E-state index contributed by atoms with van der Waals surface area (Å²) in [6.07, 6.45) is 1.30. The van der Waals surface area contributed by atoms with Crippen LogP contribution in [0.15, 0.2) is 12.5 Å². The molecule has 13 nitrogen and oxygen atoms in total.